The molecule has 0 aromatic rings. The van der Waals surface area contributed by atoms with Crippen molar-refractivity contribution >= 4 is 5.78 Å². The third-order valence-corrected chi connectivity index (χ3v) is 4.05. The van der Waals surface area contributed by atoms with Gasteiger partial charge in [0.05, 0.1) is 12.2 Å². The third kappa shape index (κ3) is 0.559. The van der Waals surface area contributed by atoms with Crippen molar-refractivity contribution in [3.63, 3.8) is 0 Å². The van der Waals surface area contributed by atoms with E-state index in [4.69, 9.17) is 0 Å². The van der Waals surface area contributed by atoms with Crippen molar-refractivity contribution in [1.82, 2.24) is 0 Å². The second kappa shape index (κ2) is 1.91. The Bertz CT molecular complexity index is 250. The molecule has 12 heavy (non-hydrogen) atoms. The largest absolute Gasteiger partial charge is 0.390 e. The fourth-order valence-corrected chi connectivity index (χ4v) is 3.43. The lowest BCUT2D eigenvalue weighted by Gasteiger charge is -2.42. The number of carbonyl (C=O) groups is 1. The third-order valence-electron chi connectivity index (χ3n) is 4.05. The monoisotopic (exact) mass is 168 g/mol. The molecule has 3 saturated carbocycles. The minimum atomic E-state index is -0.625. The van der Waals surface area contributed by atoms with Crippen LogP contribution in [-0.2, 0) is 4.79 Å². The van der Waals surface area contributed by atoms with E-state index in [9.17, 15) is 15.0 Å². The number of ketones is 1. The van der Waals surface area contributed by atoms with Gasteiger partial charge in [-0.2, -0.15) is 0 Å². The Hall–Kier alpha value is -0.410. The number of rotatable bonds is 0. The standard InChI is InChI=1S/C9H12O3/c10-6-2-3-4-1-5(7(3)6)9(12)8(4)11/h3-5,7-9,11-12H,1-2H2/t3-,4-,5+,7-,8-,9+/m0/s1. The number of hydrogen-bond donors (Lipinski definition) is 2. The van der Waals surface area contributed by atoms with E-state index in [-0.39, 0.29) is 17.8 Å². The summed E-state index contributed by atoms with van der Waals surface area (Å²) in [6.07, 6.45) is 0.337. The van der Waals surface area contributed by atoms with Gasteiger partial charge in [-0.3, -0.25) is 4.79 Å². The number of carbonyl (C=O) groups excluding carboxylic acids is 1. The van der Waals surface area contributed by atoms with Gasteiger partial charge >= 0.3 is 0 Å². The minimum Gasteiger partial charge on any atom is -0.390 e. The summed E-state index contributed by atoms with van der Waals surface area (Å²) in [7, 11) is 0. The summed E-state index contributed by atoms with van der Waals surface area (Å²) in [5.74, 6) is 1.11. The Morgan fingerprint density at radius 2 is 1.75 bits per heavy atom. The highest BCUT2D eigenvalue weighted by atomic mass is 16.3. The van der Waals surface area contributed by atoms with Crippen LogP contribution in [0.25, 0.3) is 0 Å². The Kier molecular flexibility index (Phi) is 1.12. The second-order valence-corrected chi connectivity index (χ2v) is 4.40. The van der Waals surface area contributed by atoms with Gasteiger partial charge in [0.15, 0.2) is 0 Å². The van der Waals surface area contributed by atoms with Crippen LogP contribution >= 0.6 is 0 Å². The molecule has 0 amide bonds. The average molecular weight is 168 g/mol. The molecule has 3 heteroatoms. The van der Waals surface area contributed by atoms with Crippen LogP contribution in [0.1, 0.15) is 12.8 Å². The van der Waals surface area contributed by atoms with Crippen LogP contribution in [-0.4, -0.2) is 28.2 Å². The Labute approximate surface area is 70.4 Å². The lowest BCUT2D eigenvalue weighted by Crippen LogP contribution is -2.51. The Morgan fingerprint density at radius 1 is 1.08 bits per heavy atom. The molecule has 6 atom stereocenters. The highest BCUT2D eigenvalue weighted by Crippen LogP contribution is 2.59. The summed E-state index contributed by atoms with van der Waals surface area (Å²) in [6, 6.07) is 0. The van der Waals surface area contributed by atoms with Gasteiger partial charge in [0.2, 0.25) is 0 Å². The highest BCUT2D eigenvalue weighted by molar-refractivity contribution is 5.88. The molecule has 0 aliphatic heterocycles. The van der Waals surface area contributed by atoms with Gasteiger partial charge in [-0.25, -0.2) is 0 Å². The molecule has 0 aromatic heterocycles. The van der Waals surface area contributed by atoms with Gasteiger partial charge in [-0.05, 0) is 24.2 Å². The molecule has 3 aliphatic carbocycles. The first-order valence-electron chi connectivity index (χ1n) is 4.59. The molecular weight excluding hydrogens is 156 g/mol. The van der Waals surface area contributed by atoms with Crippen molar-refractivity contribution in [2.75, 3.05) is 0 Å². The van der Waals surface area contributed by atoms with Crippen LogP contribution in [0.5, 0.6) is 0 Å². The van der Waals surface area contributed by atoms with Gasteiger partial charge in [-0.15, -0.1) is 0 Å². The van der Waals surface area contributed by atoms with E-state index in [1.54, 1.807) is 0 Å². The van der Waals surface area contributed by atoms with Crippen molar-refractivity contribution in [3.05, 3.63) is 0 Å². The number of fused-ring (bicyclic) bond motifs is 5. The maximum atomic E-state index is 11.2. The summed E-state index contributed by atoms with van der Waals surface area (Å²) in [5, 5.41) is 19.1. The zero-order valence-corrected chi connectivity index (χ0v) is 6.68. The van der Waals surface area contributed by atoms with Crippen LogP contribution in [0, 0.1) is 23.7 Å². The molecule has 0 unspecified atom stereocenters. The molecule has 0 heterocycles. The maximum Gasteiger partial charge on any atom is 0.136 e. The molecule has 66 valence electrons. The molecule has 2 bridgehead atoms. The molecule has 3 fully saturated rings. The van der Waals surface area contributed by atoms with Gasteiger partial charge in [0.25, 0.3) is 0 Å². The average Bonchev–Trinajstić information content (AvgIpc) is 2.45. The molecule has 0 radical (unpaired) electrons. The van der Waals surface area contributed by atoms with Crippen molar-refractivity contribution in [3.8, 4) is 0 Å². The summed E-state index contributed by atoms with van der Waals surface area (Å²) in [5.41, 5.74) is 0. The molecule has 0 saturated heterocycles. The molecular formula is C9H12O3. The SMILES string of the molecule is O=C1C[C@H]2[C@@H]3C[C@@H]([C@@H](O)[C@H]3O)[C@@H]12. The number of Topliss-reactive ketones (excluding diaryl/α,β-unsaturated/α-hetero) is 1. The predicted molar refractivity (Wildman–Crippen MR) is 40.2 cm³/mol. The molecule has 2 N–H and O–H groups in total. The molecule has 3 aliphatic rings. The summed E-state index contributed by atoms with van der Waals surface area (Å²) in [6.45, 7) is 0. The van der Waals surface area contributed by atoms with E-state index in [1.807, 2.05) is 0 Å². The lowest BCUT2D eigenvalue weighted by molar-refractivity contribution is -0.148. The van der Waals surface area contributed by atoms with Crippen LogP contribution < -0.4 is 0 Å². The quantitative estimate of drug-likeness (QED) is 0.515. The van der Waals surface area contributed by atoms with E-state index in [0.29, 0.717) is 18.1 Å². The van der Waals surface area contributed by atoms with Gasteiger partial charge < -0.3 is 10.2 Å². The summed E-state index contributed by atoms with van der Waals surface area (Å²) in [4.78, 5) is 11.2. The smallest absolute Gasteiger partial charge is 0.136 e. The van der Waals surface area contributed by atoms with Crippen LogP contribution in [0.3, 0.4) is 0 Å². The van der Waals surface area contributed by atoms with Crippen molar-refractivity contribution < 1.29 is 15.0 Å². The fraction of sp³-hybridized carbons (Fsp3) is 0.889. The van der Waals surface area contributed by atoms with Gasteiger partial charge in [0, 0.05) is 12.3 Å². The first-order chi connectivity index (χ1) is 5.70. The van der Waals surface area contributed by atoms with Gasteiger partial charge in [-0.1, -0.05) is 0 Å². The first kappa shape index (κ1) is 7.04. The minimum absolute atomic E-state index is 0.0799. The van der Waals surface area contributed by atoms with Crippen LogP contribution in [0.4, 0.5) is 0 Å². The predicted octanol–water partition coefficient (Wildman–Crippen LogP) is -0.437. The highest BCUT2D eigenvalue weighted by Gasteiger charge is 2.64. The first-order valence-corrected chi connectivity index (χ1v) is 4.59. The van der Waals surface area contributed by atoms with E-state index >= 15 is 0 Å². The Balaban J connectivity index is 1.94. The van der Waals surface area contributed by atoms with E-state index < -0.39 is 12.2 Å². The zero-order valence-electron chi connectivity index (χ0n) is 6.68. The molecule has 3 rings (SSSR count). The van der Waals surface area contributed by atoms with Crippen molar-refractivity contribution in [2.45, 2.75) is 25.0 Å². The topological polar surface area (TPSA) is 57.5 Å². The normalized spacial score (nSPS) is 61.7. The summed E-state index contributed by atoms with van der Waals surface area (Å²) < 4.78 is 0. The van der Waals surface area contributed by atoms with E-state index in [1.165, 1.54) is 0 Å². The zero-order chi connectivity index (χ0) is 8.46. The number of aliphatic hydroxyl groups is 2. The van der Waals surface area contributed by atoms with Crippen LogP contribution in [0.2, 0.25) is 0 Å². The fourth-order valence-electron chi connectivity index (χ4n) is 3.43. The van der Waals surface area contributed by atoms with Gasteiger partial charge in [0.1, 0.15) is 5.78 Å². The molecule has 3 nitrogen and oxygen atoms in total. The Morgan fingerprint density at radius 3 is 2.42 bits per heavy atom. The maximum absolute atomic E-state index is 11.2. The molecule has 0 spiro atoms. The lowest BCUT2D eigenvalue weighted by atomic mass is 9.63. The van der Waals surface area contributed by atoms with Crippen LogP contribution in [0.15, 0.2) is 0 Å². The summed E-state index contributed by atoms with van der Waals surface area (Å²) >= 11 is 0. The van der Waals surface area contributed by atoms with Crippen molar-refractivity contribution in [1.29, 1.82) is 0 Å². The second-order valence-electron chi connectivity index (χ2n) is 4.40. The van der Waals surface area contributed by atoms with E-state index in [0.717, 1.165) is 6.42 Å². The number of hydrogen-bond acceptors (Lipinski definition) is 3. The molecule has 0 aromatic carbocycles. The van der Waals surface area contributed by atoms with Crippen molar-refractivity contribution in [2.24, 2.45) is 23.7 Å². The van der Waals surface area contributed by atoms with E-state index in [2.05, 4.69) is 0 Å². The number of aliphatic hydroxyl groups excluding tert-OH is 2.